The van der Waals surface area contributed by atoms with E-state index in [0.29, 0.717) is 6.42 Å². The summed E-state index contributed by atoms with van der Waals surface area (Å²) in [6.45, 7) is 0. The van der Waals surface area contributed by atoms with Gasteiger partial charge in [0.05, 0.1) is 5.25 Å². The summed E-state index contributed by atoms with van der Waals surface area (Å²) in [6, 6.07) is 5.29. The van der Waals surface area contributed by atoms with Crippen molar-refractivity contribution in [1.82, 2.24) is 5.32 Å². The van der Waals surface area contributed by atoms with Crippen molar-refractivity contribution >= 4 is 44.3 Å². The van der Waals surface area contributed by atoms with Crippen LogP contribution in [-0.4, -0.2) is 21.5 Å². The van der Waals surface area contributed by atoms with E-state index in [1.165, 1.54) is 11.3 Å². The molecule has 3 rings (SSSR count). The Kier molecular flexibility index (Phi) is 2.76. The number of phenols is 1. The largest absolute Gasteiger partial charge is 0.507 e. The maximum atomic E-state index is 11.5. The fourth-order valence-corrected chi connectivity index (χ4v) is 3.78. The van der Waals surface area contributed by atoms with Crippen LogP contribution in [0.4, 0.5) is 4.79 Å². The van der Waals surface area contributed by atoms with Crippen LogP contribution in [0.5, 0.6) is 5.75 Å². The molecule has 1 aliphatic rings. The third-order valence-electron chi connectivity index (χ3n) is 2.85. The summed E-state index contributed by atoms with van der Waals surface area (Å²) in [7, 11) is 0. The number of nitrogens with one attached hydrogen (secondary N) is 1. The first-order chi connectivity index (χ1) is 8.65. The van der Waals surface area contributed by atoms with Gasteiger partial charge in [-0.3, -0.25) is 14.9 Å². The number of thioether (sulfide) groups is 1. The second kappa shape index (κ2) is 4.29. The van der Waals surface area contributed by atoms with Gasteiger partial charge in [-0.1, -0.05) is 17.8 Å². The van der Waals surface area contributed by atoms with E-state index in [-0.39, 0.29) is 22.1 Å². The molecular weight excluding hydrogens is 270 g/mol. The van der Waals surface area contributed by atoms with Crippen molar-refractivity contribution in [3.63, 3.8) is 0 Å². The molecule has 0 bridgehead atoms. The molecule has 1 atom stereocenters. The van der Waals surface area contributed by atoms with Gasteiger partial charge in [0.15, 0.2) is 0 Å². The van der Waals surface area contributed by atoms with Gasteiger partial charge in [-0.15, -0.1) is 11.3 Å². The first-order valence-corrected chi connectivity index (χ1v) is 7.10. The molecule has 2 amide bonds. The lowest BCUT2D eigenvalue weighted by molar-refractivity contribution is -0.118. The minimum atomic E-state index is -0.368. The predicted octanol–water partition coefficient (Wildman–Crippen LogP) is 2.50. The van der Waals surface area contributed by atoms with E-state index in [2.05, 4.69) is 5.32 Å². The Labute approximate surface area is 111 Å². The molecule has 2 N–H and O–H groups in total. The Bertz CT molecular complexity index is 650. The molecule has 2 heterocycles. The Balaban J connectivity index is 1.96. The van der Waals surface area contributed by atoms with Crippen LogP contribution in [0.3, 0.4) is 0 Å². The molecule has 0 aliphatic carbocycles. The van der Waals surface area contributed by atoms with Gasteiger partial charge in [0.25, 0.3) is 5.24 Å². The highest BCUT2D eigenvalue weighted by molar-refractivity contribution is 8.15. The molecule has 1 aromatic heterocycles. The van der Waals surface area contributed by atoms with Crippen molar-refractivity contribution in [2.45, 2.75) is 11.7 Å². The van der Waals surface area contributed by atoms with Crippen molar-refractivity contribution in [2.75, 3.05) is 0 Å². The molecule has 4 nitrogen and oxygen atoms in total. The van der Waals surface area contributed by atoms with Crippen molar-refractivity contribution in [3.8, 4) is 5.75 Å². The Morgan fingerprint density at radius 3 is 2.83 bits per heavy atom. The van der Waals surface area contributed by atoms with Gasteiger partial charge in [-0.2, -0.15) is 0 Å². The van der Waals surface area contributed by atoms with E-state index in [1.807, 2.05) is 17.5 Å². The van der Waals surface area contributed by atoms with Crippen molar-refractivity contribution in [1.29, 1.82) is 0 Å². The number of fused-ring (bicyclic) bond motifs is 1. The average molecular weight is 279 g/mol. The number of aromatic hydroxyl groups is 1. The van der Waals surface area contributed by atoms with Crippen LogP contribution < -0.4 is 5.32 Å². The van der Waals surface area contributed by atoms with E-state index >= 15 is 0 Å². The first-order valence-electron chi connectivity index (χ1n) is 5.34. The van der Waals surface area contributed by atoms with Gasteiger partial charge in [0.1, 0.15) is 5.75 Å². The lowest BCUT2D eigenvalue weighted by Gasteiger charge is -2.07. The minimum Gasteiger partial charge on any atom is -0.507 e. The zero-order valence-electron chi connectivity index (χ0n) is 9.17. The summed E-state index contributed by atoms with van der Waals surface area (Å²) >= 11 is 2.55. The van der Waals surface area contributed by atoms with Crippen LogP contribution in [0.15, 0.2) is 23.6 Å². The normalized spacial score (nSPS) is 19.4. The second-order valence-corrected chi connectivity index (χ2v) is 6.09. The van der Waals surface area contributed by atoms with Crippen molar-refractivity contribution in [2.24, 2.45) is 0 Å². The third-order valence-corrected chi connectivity index (χ3v) is 4.82. The van der Waals surface area contributed by atoms with Crippen LogP contribution in [-0.2, 0) is 11.2 Å². The Morgan fingerprint density at radius 1 is 1.28 bits per heavy atom. The van der Waals surface area contributed by atoms with E-state index in [0.717, 1.165) is 27.4 Å². The third kappa shape index (κ3) is 1.87. The molecule has 1 unspecified atom stereocenters. The number of hydrogen-bond donors (Lipinski definition) is 2. The molecular formula is C12H9NO3S2. The van der Waals surface area contributed by atoms with Crippen LogP contribution in [0.25, 0.3) is 10.1 Å². The Hall–Kier alpha value is -1.53. The van der Waals surface area contributed by atoms with E-state index in [4.69, 9.17) is 0 Å². The summed E-state index contributed by atoms with van der Waals surface area (Å²) < 4.78 is 0.975. The van der Waals surface area contributed by atoms with Crippen molar-refractivity contribution in [3.05, 3.63) is 29.1 Å². The van der Waals surface area contributed by atoms with E-state index < -0.39 is 0 Å². The molecule has 18 heavy (non-hydrogen) atoms. The number of amides is 2. The van der Waals surface area contributed by atoms with Gasteiger partial charge >= 0.3 is 0 Å². The summed E-state index contributed by atoms with van der Waals surface area (Å²) in [5.41, 5.74) is 0.986. The van der Waals surface area contributed by atoms with Gasteiger partial charge in [0.2, 0.25) is 5.91 Å². The number of hydrogen-bond acceptors (Lipinski definition) is 5. The number of carbonyl (C=O) groups excluding carboxylic acids is 2. The monoisotopic (exact) mass is 279 g/mol. The highest BCUT2D eigenvalue weighted by Gasteiger charge is 2.32. The van der Waals surface area contributed by atoms with Crippen LogP contribution in [0.1, 0.15) is 5.56 Å². The Morgan fingerprint density at radius 2 is 2.11 bits per heavy atom. The SMILES string of the molecule is O=C1NC(=O)C(Cc2ccc(O)c3ccsc23)S1. The van der Waals surface area contributed by atoms with Gasteiger partial charge < -0.3 is 5.11 Å². The van der Waals surface area contributed by atoms with Crippen LogP contribution in [0, 0.1) is 0 Å². The lowest BCUT2D eigenvalue weighted by atomic mass is 10.1. The zero-order valence-corrected chi connectivity index (χ0v) is 10.8. The maximum absolute atomic E-state index is 11.5. The summed E-state index contributed by atoms with van der Waals surface area (Å²) in [5, 5.41) is 14.0. The molecule has 0 spiro atoms. The fourth-order valence-electron chi connectivity index (χ4n) is 1.99. The number of thiophene rings is 1. The number of rotatable bonds is 2. The molecule has 6 heteroatoms. The van der Waals surface area contributed by atoms with E-state index in [9.17, 15) is 14.7 Å². The number of imide groups is 1. The lowest BCUT2D eigenvalue weighted by Crippen LogP contribution is -2.25. The predicted molar refractivity (Wildman–Crippen MR) is 72.1 cm³/mol. The topological polar surface area (TPSA) is 66.4 Å². The summed E-state index contributed by atoms with van der Waals surface area (Å²) in [5.74, 6) is 0.0115. The summed E-state index contributed by atoms with van der Waals surface area (Å²) in [6.07, 6.45) is 0.500. The fraction of sp³-hybridized carbons (Fsp3) is 0.167. The highest BCUT2D eigenvalue weighted by atomic mass is 32.2. The molecule has 1 saturated heterocycles. The number of phenolic OH excluding ortho intramolecular Hbond substituents is 1. The molecule has 92 valence electrons. The van der Waals surface area contributed by atoms with Crippen molar-refractivity contribution < 1.29 is 14.7 Å². The number of carbonyl (C=O) groups is 2. The van der Waals surface area contributed by atoms with Crippen LogP contribution >= 0.6 is 23.1 Å². The van der Waals surface area contributed by atoms with Gasteiger partial charge in [-0.25, -0.2) is 0 Å². The average Bonchev–Trinajstić information content (AvgIpc) is 2.91. The molecule has 2 aromatic rings. The molecule has 1 fully saturated rings. The smallest absolute Gasteiger partial charge is 0.286 e. The van der Waals surface area contributed by atoms with Gasteiger partial charge in [0, 0.05) is 10.1 Å². The zero-order chi connectivity index (χ0) is 12.7. The standard InChI is InChI=1S/C12H9NO3S2/c14-8-2-1-6(10-7(8)3-4-17-10)5-9-11(15)13-12(16)18-9/h1-4,9,14H,5H2,(H,13,15,16). The molecule has 0 saturated carbocycles. The summed E-state index contributed by atoms with van der Waals surface area (Å²) in [4.78, 5) is 22.6. The molecule has 0 radical (unpaired) electrons. The first kappa shape index (κ1) is 11.6. The highest BCUT2D eigenvalue weighted by Crippen LogP contribution is 2.34. The van der Waals surface area contributed by atoms with Gasteiger partial charge in [-0.05, 0) is 29.5 Å². The second-order valence-electron chi connectivity index (χ2n) is 3.99. The molecule has 1 aromatic carbocycles. The maximum Gasteiger partial charge on any atom is 0.286 e. The van der Waals surface area contributed by atoms with Crippen LogP contribution in [0.2, 0.25) is 0 Å². The molecule has 1 aliphatic heterocycles. The minimum absolute atomic E-state index is 0.234. The quantitative estimate of drug-likeness (QED) is 0.886. The van der Waals surface area contributed by atoms with E-state index in [1.54, 1.807) is 6.07 Å². The number of benzene rings is 1.